The molecule has 0 amide bonds. The van der Waals surface area contributed by atoms with E-state index in [1.54, 1.807) is 12.1 Å². The molecule has 0 radical (unpaired) electrons. The number of halogens is 1. The van der Waals surface area contributed by atoms with E-state index in [9.17, 15) is 4.39 Å². The van der Waals surface area contributed by atoms with E-state index in [1.807, 2.05) is 39.8 Å². The molecule has 1 aromatic rings. The van der Waals surface area contributed by atoms with Crippen molar-refractivity contribution in [3.05, 3.63) is 41.7 Å². The summed E-state index contributed by atoms with van der Waals surface area (Å²) in [5, 5.41) is 0. The highest BCUT2D eigenvalue weighted by Crippen LogP contribution is 2.42. The van der Waals surface area contributed by atoms with Gasteiger partial charge in [0.15, 0.2) is 11.6 Å². The molecule has 3 saturated heterocycles. The highest BCUT2D eigenvalue weighted by atomic mass is 19.1. The average molecular weight is 364 g/mol. The van der Waals surface area contributed by atoms with E-state index in [0.29, 0.717) is 6.61 Å². The van der Waals surface area contributed by atoms with Crippen molar-refractivity contribution in [3.63, 3.8) is 0 Å². The molecule has 0 unspecified atom stereocenters. The van der Waals surface area contributed by atoms with E-state index < -0.39 is 11.6 Å². The molecule has 26 heavy (non-hydrogen) atoms. The average Bonchev–Trinajstić information content (AvgIpc) is 3.17. The zero-order chi connectivity index (χ0) is 18.5. The summed E-state index contributed by atoms with van der Waals surface area (Å²) in [6.07, 6.45) is 2.65. The molecule has 6 heteroatoms. The number of fused-ring (bicyclic) bond motifs is 1. The van der Waals surface area contributed by atoms with Gasteiger partial charge >= 0.3 is 0 Å². The minimum atomic E-state index is -0.672. The third kappa shape index (κ3) is 3.57. The molecule has 5 nitrogen and oxygen atoms in total. The van der Waals surface area contributed by atoms with Gasteiger partial charge in [0, 0.05) is 0 Å². The Balaban J connectivity index is 1.53. The van der Waals surface area contributed by atoms with Gasteiger partial charge in [0.25, 0.3) is 0 Å². The topological polar surface area (TPSA) is 46.2 Å². The van der Waals surface area contributed by atoms with Crippen LogP contribution >= 0.6 is 0 Å². The molecule has 5 atom stereocenters. The number of rotatable bonds is 3. The van der Waals surface area contributed by atoms with Crippen LogP contribution in [0.5, 0.6) is 0 Å². The summed E-state index contributed by atoms with van der Waals surface area (Å²) >= 11 is 0. The van der Waals surface area contributed by atoms with Crippen LogP contribution in [-0.2, 0) is 23.7 Å². The first-order valence-electron chi connectivity index (χ1n) is 8.99. The van der Waals surface area contributed by atoms with E-state index in [1.165, 1.54) is 12.1 Å². The molecule has 142 valence electrons. The van der Waals surface area contributed by atoms with E-state index in [4.69, 9.17) is 23.7 Å². The number of hydrogen-bond acceptors (Lipinski definition) is 5. The maximum absolute atomic E-state index is 13.1. The molecule has 3 aliphatic rings. The number of ether oxygens (including phenoxy) is 5. The van der Waals surface area contributed by atoms with E-state index in [2.05, 4.69) is 0 Å². The third-order valence-corrected chi connectivity index (χ3v) is 4.87. The second kappa shape index (κ2) is 6.39. The molecule has 0 aliphatic carbocycles. The van der Waals surface area contributed by atoms with Gasteiger partial charge in [-0.2, -0.15) is 0 Å². The van der Waals surface area contributed by atoms with Crippen LogP contribution in [0.25, 0.3) is 6.08 Å². The summed E-state index contributed by atoms with van der Waals surface area (Å²) in [6.45, 7) is 8.04. The fourth-order valence-corrected chi connectivity index (χ4v) is 3.77. The van der Waals surface area contributed by atoms with Gasteiger partial charge in [0.05, 0.1) is 6.61 Å². The SMILES string of the molecule is CC1(C)O[C@@H]2[C@H](O1)[C@@H](/C=C/c1ccc(F)cc1)O[C@@H]2[C@H]1COC(C)(C)O1. The van der Waals surface area contributed by atoms with Crippen LogP contribution in [0.15, 0.2) is 30.3 Å². The van der Waals surface area contributed by atoms with Crippen LogP contribution in [0, 0.1) is 5.82 Å². The van der Waals surface area contributed by atoms with E-state index in [0.717, 1.165) is 5.56 Å². The van der Waals surface area contributed by atoms with Crippen molar-refractivity contribution >= 4 is 6.08 Å². The van der Waals surface area contributed by atoms with Gasteiger partial charge in [-0.1, -0.05) is 24.3 Å². The third-order valence-electron chi connectivity index (χ3n) is 4.87. The fourth-order valence-electron chi connectivity index (χ4n) is 3.77. The lowest BCUT2D eigenvalue weighted by Crippen LogP contribution is -2.40. The monoisotopic (exact) mass is 364 g/mol. The molecule has 0 spiro atoms. The molecule has 4 rings (SSSR count). The van der Waals surface area contributed by atoms with Crippen LogP contribution in [0.3, 0.4) is 0 Å². The van der Waals surface area contributed by atoms with Crippen molar-refractivity contribution < 1.29 is 28.1 Å². The van der Waals surface area contributed by atoms with Crippen molar-refractivity contribution in [1.82, 2.24) is 0 Å². The molecular weight excluding hydrogens is 339 g/mol. The predicted molar refractivity (Wildman–Crippen MR) is 92.8 cm³/mol. The number of benzene rings is 1. The normalized spacial score (nSPS) is 38.1. The number of hydrogen-bond donors (Lipinski definition) is 0. The van der Waals surface area contributed by atoms with Gasteiger partial charge in [0.1, 0.15) is 36.3 Å². The van der Waals surface area contributed by atoms with Crippen LogP contribution in [0.2, 0.25) is 0 Å². The summed E-state index contributed by atoms with van der Waals surface area (Å²) in [6, 6.07) is 6.32. The molecule has 0 N–H and O–H groups in total. The van der Waals surface area contributed by atoms with Crippen LogP contribution < -0.4 is 0 Å². The summed E-state index contributed by atoms with van der Waals surface area (Å²) in [5.41, 5.74) is 0.898. The van der Waals surface area contributed by atoms with Crippen molar-refractivity contribution in [1.29, 1.82) is 0 Å². The highest BCUT2D eigenvalue weighted by Gasteiger charge is 2.58. The lowest BCUT2D eigenvalue weighted by molar-refractivity contribution is -0.201. The van der Waals surface area contributed by atoms with Gasteiger partial charge in [-0.15, -0.1) is 0 Å². The van der Waals surface area contributed by atoms with E-state index in [-0.39, 0.29) is 36.3 Å². The molecule has 3 heterocycles. The molecule has 0 saturated carbocycles. The Hall–Kier alpha value is -1.31. The highest BCUT2D eigenvalue weighted by molar-refractivity contribution is 5.49. The summed E-state index contributed by atoms with van der Waals surface area (Å²) in [4.78, 5) is 0. The Morgan fingerprint density at radius 1 is 0.923 bits per heavy atom. The fraction of sp³-hybridized carbons (Fsp3) is 0.600. The molecule has 0 aromatic heterocycles. The van der Waals surface area contributed by atoms with Crippen molar-refractivity contribution in [2.75, 3.05) is 6.61 Å². The molecule has 3 fully saturated rings. The summed E-state index contributed by atoms with van der Waals surface area (Å²) in [5.74, 6) is -1.55. The largest absolute Gasteiger partial charge is 0.362 e. The van der Waals surface area contributed by atoms with Crippen molar-refractivity contribution in [3.8, 4) is 0 Å². The van der Waals surface area contributed by atoms with Crippen LogP contribution in [-0.4, -0.2) is 48.7 Å². The second-order valence-electron chi connectivity index (χ2n) is 7.91. The molecule has 3 aliphatic heterocycles. The molecule has 0 bridgehead atoms. The Bertz CT molecular complexity index is 684. The van der Waals surface area contributed by atoms with Crippen LogP contribution in [0.1, 0.15) is 33.3 Å². The molecule has 1 aromatic carbocycles. The standard InChI is InChI=1S/C20H25FO5/c1-19(2)22-11-15(24-19)16-18-17(25-20(3,4)26-18)14(23-16)10-7-12-5-8-13(21)9-6-12/h5-10,14-18H,11H2,1-4H3/b10-7+/t14-,15-,16-,17-,18+/m1/s1. The van der Waals surface area contributed by atoms with Crippen molar-refractivity contribution in [2.24, 2.45) is 0 Å². The quantitative estimate of drug-likeness (QED) is 0.824. The molecular formula is C20H25FO5. The van der Waals surface area contributed by atoms with E-state index >= 15 is 0 Å². The zero-order valence-electron chi connectivity index (χ0n) is 15.5. The Morgan fingerprint density at radius 3 is 2.27 bits per heavy atom. The van der Waals surface area contributed by atoms with Gasteiger partial charge in [-0.25, -0.2) is 4.39 Å². The lowest BCUT2D eigenvalue weighted by Gasteiger charge is -2.26. The van der Waals surface area contributed by atoms with Crippen LogP contribution in [0.4, 0.5) is 4.39 Å². The predicted octanol–water partition coefficient (Wildman–Crippen LogP) is 3.28. The Morgan fingerprint density at radius 2 is 1.62 bits per heavy atom. The first-order valence-corrected chi connectivity index (χ1v) is 8.99. The summed E-state index contributed by atoms with van der Waals surface area (Å²) < 4.78 is 43.1. The minimum absolute atomic E-state index is 0.209. The van der Waals surface area contributed by atoms with Gasteiger partial charge < -0.3 is 23.7 Å². The Labute approximate surface area is 153 Å². The van der Waals surface area contributed by atoms with Gasteiger partial charge in [-0.05, 0) is 45.4 Å². The van der Waals surface area contributed by atoms with Gasteiger partial charge in [-0.3, -0.25) is 0 Å². The first kappa shape index (κ1) is 18.1. The lowest BCUT2D eigenvalue weighted by atomic mass is 10.0. The second-order valence-corrected chi connectivity index (χ2v) is 7.91. The smallest absolute Gasteiger partial charge is 0.164 e. The minimum Gasteiger partial charge on any atom is -0.362 e. The first-order chi connectivity index (χ1) is 12.2. The van der Waals surface area contributed by atoms with Crippen molar-refractivity contribution in [2.45, 2.75) is 69.8 Å². The summed E-state index contributed by atoms with van der Waals surface area (Å²) in [7, 11) is 0. The zero-order valence-corrected chi connectivity index (χ0v) is 15.5. The maximum Gasteiger partial charge on any atom is 0.164 e. The maximum atomic E-state index is 13.1. The Kier molecular flexibility index (Phi) is 4.44. The van der Waals surface area contributed by atoms with Gasteiger partial charge in [0.2, 0.25) is 0 Å².